The lowest BCUT2D eigenvalue weighted by Gasteiger charge is -2.11. The standard InChI is InChI=1S/C13H15NO2S/c1-8-5-12(16-4)10(6-11(8)15-3)13-14-9(2)7-17-13/h5-7H,1-4H3. The predicted octanol–water partition coefficient (Wildman–Crippen LogP) is 3.44. The van der Waals surface area contributed by atoms with Gasteiger partial charge in [-0.2, -0.15) is 0 Å². The summed E-state index contributed by atoms with van der Waals surface area (Å²) in [6.45, 7) is 3.98. The van der Waals surface area contributed by atoms with Crippen LogP contribution in [0.4, 0.5) is 0 Å². The molecule has 0 aliphatic carbocycles. The quantitative estimate of drug-likeness (QED) is 0.835. The second kappa shape index (κ2) is 4.75. The zero-order chi connectivity index (χ0) is 12.4. The van der Waals surface area contributed by atoms with Gasteiger partial charge in [0, 0.05) is 11.1 Å². The second-order valence-corrected chi connectivity index (χ2v) is 4.67. The molecule has 1 aromatic carbocycles. The van der Waals surface area contributed by atoms with Gasteiger partial charge in [0.05, 0.1) is 19.8 Å². The van der Waals surface area contributed by atoms with Crippen molar-refractivity contribution in [1.29, 1.82) is 0 Å². The van der Waals surface area contributed by atoms with Crippen molar-refractivity contribution in [2.45, 2.75) is 13.8 Å². The maximum atomic E-state index is 5.40. The molecule has 0 aliphatic rings. The van der Waals surface area contributed by atoms with Crippen LogP contribution in [0.5, 0.6) is 11.5 Å². The molecule has 0 saturated heterocycles. The molecule has 90 valence electrons. The molecule has 1 aromatic heterocycles. The van der Waals surface area contributed by atoms with Crippen LogP contribution in [-0.4, -0.2) is 19.2 Å². The van der Waals surface area contributed by atoms with E-state index in [0.717, 1.165) is 33.3 Å². The fourth-order valence-electron chi connectivity index (χ4n) is 1.70. The number of ether oxygens (including phenoxy) is 2. The summed E-state index contributed by atoms with van der Waals surface area (Å²) in [5.74, 6) is 1.69. The van der Waals surface area contributed by atoms with E-state index in [9.17, 15) is 0 Å². The van der Waals surface area contributed by atoms with Gasteiger partial charge in [-0.25, -0.2) is 4.98 Å². The smallest absolute Gasteiger partial charge is 0.129 e. The Kier molecular flexibility index (Phi) is 3.33. The average molecular weight is 249 g/mol. The third-order valence-corrected chi connectivity index (χ3v) is 3.56. The van der Waals surface area contributed by atoms with E-state index in [0.29, 0.717) is 0 Å². The lowest BCUT2D eigenvalue weighted by atomic mass is 10.1. The molecule has 0 fully saturated rings. The molecule has 2 aromatic rings. The second-order valence-electron chi connectivity index (χ2n) is 3.82. The van der Waals surface area contributed by atoms with E-state index < -0.39 is 0 Å². The minimum atomic E-state index is 0.831. The van der Waals surface area contributed by atoms with Crippen LogP contribution in [0, 0.1) is 13.8 Å². The number of hydrogen-bond donors (Lipinski definition) is 0. The Morgan fingerprint density at radius 1 is 1.06 bits per heavy atom. The van der Waals surface area contributed by atoms with E-state index >= 15 is 0 Å². The number of nitrogens with zero attached hydrogens (tertiary/aromatic N) is 1. The van der Waals surface area contributed by atoms with Crippen LogP contribution in [0.25, 0.3) is 10.6 Å². The fourth-order valence-corrected chi connectivity index (χ4v) is 2.51. The van der Waals surface area contributed by atoms with Gasteiger partial charge >= 0.3 is 0 Å². The first-order valence-corrected chi connectivity index (χ1v) is 6.18. The van der Waals surface area contributed by atoms with Crippen LogP contribution >= 0.6 is 11.3 Å². The lowest BCUT2D eigenvalue weighted by Crippen LogP contribution is -1.93. The van der Waals surface area contributed by atoms with Crippen LogP contribution in [0.2, 0.25) is 0 Å². The highest BCUT2D eigenvalue weighted by molar-refractivity contribution is 7.13. The number of hydrogen-bond acceptors (Lipinski definition) is 4. The summed E-state index contributed by atoms with van der Waals surface area (Å²) in [7, 11) is 3.34. The maximum Gasteiger partial charge on any atom is 0.129 e. The van der Waals surface area contributed by atoms with Crippen molar-refractivity contribution in [2.75, 3.05) is 14.2 Å². The first-order chi connectivity index (χ1) is 8.15. The van der Waals surface area contributed by atoms with E-state index in [1.807, 2.05) is 31.4 Å². The fraction of sp³-hybridized carbons (Fsp3) is 0.308. The molecule has 0 amide bonds. The normalized spacial score (nSPS) is 10.4. The largest absolute Gasteiger partial charge is 0.496 e. The third-order valence-electron chi connectivity index (χ3n) is 2.57. The van der Waals surface area contributed by atoms with Crippen LogP contribution in [0.1, 0.15) is 11.3 Å². The number of aromatic nitrogens is 1. The molecule has 0 spiro atoms. The van der Waals surface area contributed by atoms with Gasteiger partial charge in [0.25, 0.3) is 0 Å². The molecule has 2 rings (SSSR count). The molecule has 17 heavy (non-hydrogen) atoms. The number of methoxy groups -OCH3 is 2. The summed E-state index contributed by atoms with van der Waals surface area (Å²) in [6, 6.07) is 3.96. The van der Waals surface area contributed by atoms with Gasteiger partial charge in [0.2, 0.25) is 0 Å². The van der Waals surface area contributed by atoms with Gasteiger partial charge in [-0.05, 0) is 31.5 Å². The Morgan fingerprint density at radius 3 is 2.29 bits per heavy atom. The average Bonchev–Trinajstić information content (AvgIpc) is 2.75. The van der Waals surface area contributed by atoms with Gasteiger partial charge in [-0.15, -0.1) is 11.3 Å². The zero-order valence-corrected chi connectivity index (χ0v) is 11.2. The SMILES string of the molecule is COc1cc(-c2nc(C)cs2)c(OC)cc1C. The molecule has 0 N–H and O–H groups in total. The van der Waals surface area contributed by atoms with Crippen LogP contribution in [0.15, 0.2) is 17.5 Å². The summed E-state index contributed by atoms with van der Waals surface area (Å²) in [5, 5.41) is 2.99. The lowest BCUT2D eigenvalue weighted by molar-refractivity contribution is 0.402. The molecule has 0 unspecified atom stereocenters. The molecule has 0 bridgehead atoms. The van der Waals surface area contributed by atoms with Gasteiger partial charge in [0.15, 0.2) is 0 Å². The Hall–Kier alpha value is -1.55. The monoisotopic (exact) mass is 249 g/mol. The summed E-state index contributed by atoms with van der Waals surface area (Å²) in [4.78, 5) is 4.48. The van der Waals surface area contributed by atoms with Crippen molar-refractivity contribution in [3.63, 3.8) is 0 Å². The topological polar surface area (TPSA) is 31.4 Å². The predicted molar refractivity (Wildman–Crippen MR) is 70.1 cm³/mol. The molecule has 1 heterocycles. The van der Waals surface area contributed by atoms with Crippen molar-refractivity contribution in [2.24, 2.45) is 0 Å². The molecule has 4 heteroatoms. The highest BCUT2D eigenvalue weighted by Gasteiger charge is 2.13. The molecule has 0 saturated carbocycles. The van der Waals surface area contributed by atoms with E-state index in [1.54, 1.807) is 25.6 Å². The van der Waals surface area contributed by atoms with Crippen molar-refractivity contribution < 1.29 is 9.47 Å². The van der Waals surface area contributed by atoms with E-state index in [-0.39, 0.29) is 0 Å². The number of thiazole rings is 1. The minimum absolute atomic E-state index is 0.831. The first-order valence-electron chi connectivity index (χ1n) is 5.31. The molecular weight excluding hydrogens is 234 g/mol. The first kappa shape index (κ1) is 11.9. The maximum absolute atomic E-state index is 5.40. The van der Waals surface area contributed by atoms with Crippen LogP contribution < -0.4 is 9.47 Å². The number of aryl methyl sites for hydroxylation is 2. The Bertz CT molecular complexity index is 534. The van der Waals surface area contributed by atoms with Crippen molar-refractivity contribution in [3.8, 4) is 22.1 Å². The van der Waals surface area contributed by atoms with Crippen LogP contribution in [0.3, 0.4) is 0 Å². The summed E-state index contributed by atoms with van der Waals surface area (Å²) >= 11 is 1.61. The number of rotatable bonds is 3. The van der Waals surface area contributed by atoms with Gasteiger partial charge in [-0.1, -0.05) is 0 Å². The van der Waals surface area contributed by atoms with E-state index in [4.69, 9.17) is 9.47 Å². The van der Waals surface area contributed by atoms with Crippen molar-refractivity contribution >= 4 is 11.3 Å². The van der Waals surface area contributed by atoms with Crippen molar-refractivity contribution in [3.05, 3.63) is 28.8 Å². The van der Waals surface area contributed by atoms with E-state index in [1.165, 1.54) is 0 Å². The molecule has 0 atom stereocenters. The summed E-state index contributed by atoms with van der Waals surface area (Å²) in [5.41, 5.74) is 3.06. The van der Waals surface area contributed by atoms with Crippen molar-refractivity contribution in [1.82, 2.24) is 4.98 Å². The Morgan fingerprint density at radius 2 is 1.76 bits per heavy atom. The Balaban J connectivity index is 2.58. The molecule has 0 radical (unpaired) electrons. The molecule has 3 nitrogen and oxygen atoms in total. The Labute approximate surface area is 105 Å². The minimum Gasteiger partial charge on any atom is -0.496 e. The van der Waals surface area contributed by atoms with Crippen LogP contribution in [-0.2, 0) is 0 Å². The van der Waals surface area contributed by atoms with E-state index in [2.05, 4.69) is 4.98 Å². The molecule has 0 aliphatic heterocycles. The zero-order valence-electron chi connectivity index (χ0n) is 10.4. The summed E-state index contributed by atoms with van der Waals surface area (Å²) in [6.07, 6.45) is 0. The highest BCUT2D eigenvalue weighted by atomic mass is 32.1. The third kappa shape index (κ3) is 2.26. The van der Waals surface area contributed by atoms with Gasteiger partial charge < -0.3 is 9.47 Å². The van der Waals surface area contributed by atoms with Gasteiger partial charge in [-0.3, -0.25) is 0 Å². The van der Waals surface area contributed by atoms with Gasteiger partial charge in [0.1, 0.15) is 16.5 Å². The summed E-state index contributed by atoms with van der Waals surface area (Å²) < 4.78 is 10.7. The number of benzene rings is 1. The molecular formula is C13H15NO2S. The highest BCUT2D eigenvalue weighted by Crippen LogP contribution is 2.37.